The van der Waals surface area contributed by atoms with E-state index < -0.39 is 10.0 Å². The first-order valence-corrected chi connectivity index (χ1v) is 8.43. The summed E-state index contributed by atoms with van der Waals surface area (Å²) in [5.41, 5.74) is 6.84. The lowest BCUT2D eigenvalue weighted by Gasteiger charge is -2.15. The number of sulfonamides is 1. The Morgan fingerprint density at radius 1 is 1.30 bits per heavy atom. The third-order valence-corrected chi connectivity index (χ3v) is 5.46. The zero-order valence-electron chi connectivity index (χ0n) is 11.3. The van der Waals surface area contributed by atoms with E-state index in [-0.39, 0.29) is 16.6 Å². The van der Waals surface area contributed by atoms with Crippen molar-refractivity contribution >= 4 is 32.7 Å². The van der Waals surface area contributed by atoms with E-state index in [0.717, 1.165) is 5.69 Å². The molecule has 5 nitrogen and oxygen atoms in total. The number of nitrogens with two attached hydrogens (primary N) is 1. The Morgan fingerprint density at radius 2 is 2.05 bits per heavy atom. The highest BCUT2D eigenvalue weighted by Crippen LogP contribution is 2.26. The van der Waals surface area contributed by atoms with Gasteiger partial charge < -0.3 is 11.1 Å². The van der Waals surface area contributed by atoms with Crippen molar-refractivity contribution in [3.63, 3.8) is 0 Å². The maximum Gasteiger partial charge on any atom is 0.242 e. The molecule has 0 saturated heterocycles. The molecule has 0 aliphatic rings. The first kappa shape index (κ1) is 14.8. The zero-order valence-corrected chi connectivity index (χ0v) is 12.9. The molecule has 7 heteroatoms. The van der Waals surface area contributed by atoms with Gasteiger partial charge in [0.15, 0.2) is 0 Å². The number of thiophene rings is 1. The molecule has 0 spiro atoms. The van der Waals surface area contributed by atoms with E-state index in [2.05, 4.69) is 10.0 Å². The van der Waals surface area contributed by atoms with E-state index in [1.54, 1.807) is 23.5 Å². The molecule has 1 aromatic heterocycles. The van der Waals surface area contributed by atoms with Gasteiger partial charge >= 0.3 is 0 Å². The standard InChI is InChI=1S/C13H17N3O2S2/c1-9(12-4-3-7-19-12)16-10-5-6-13(11(14)8-10)20(17,18)15-2/h3-9,15-16H,14H2,1-2H3. The predicted octanol–water partition coefficient (Wildman–Crippen LogP) is 2.41. The minimum Gasteiger partial charge on any atom is -0.398 e. The molecular formula is C13H17N3O2S2. The van der Waals surface area contributed by atoms with Gasteiger partial charge in [-0.2, -0.15) is 0 Å². The van der Waals surface area contributed by atoms with Crippen LogP contribution in [0.25, 0.3) is 0 Å². The van der Waals surface area contributed by atoms with Gasteiger partial charge in [-0.05, 0) is 43.6 Å². The first-order chi connectivity index (χ1) is 9.44. The SMILES string of the molecule is CNS(=O)(=O)c1ccc(NC(C)c2cccs2)cc1N. The Balaban J connectivity index is 2.22. The monoisotopic (exact) mass is 311 g/mol. The summed E-state index contributed by atoms with van der Waals surface area (Å²) in [6.45, 7) is 2.04. The second kappa shape index (κ2) is 5.82. The molecule has 20 heavy (non-hydrogen) atoms. The van der Waals surface area contributed by atoms with Gasteiger partial charge in [-0.1, -0.05) is 6.07 Å². The van der Waals surface area contributed by atoms with E-state index in [9.17, 15) is 8.42 Å². The summed E-state index contributed by atoms with van der Waals surface area (Å²) in [6, 6.07) is 9.03. The fourth-order valence-corrected chi connectivity index (χ4v) is 3.42. The van der Waals surface area contributed by atoms with Crippen LogP contribution >= 0.6 is 11.3 Å². The Bertz CT molecular complexity index is 682. The van der Waals surface area contributed by atoms with Crippen LogP contribution in [0.5, 0.6) is 0 Å². The van der Waals surface area contributed by atoms with Crippen molar-refractivity contribution in [2.45, 2.75) is 17.9 Å². The second-order valence-electron chi connectivity index (χ2n) is 4.34. The summed E-state index contributed by atoms with van der Waals surface area (Å²) in [7, 11) is -2.16. The summed E-state index contributed by atoms with van der Waals surface area (Å²) in [4.78, 5) is 1.30. The van der Waals surface area contributed by atoms with Gasteiger partial charge in [0.2, 0.25) is 10.0 Å². The average molecular weight is 311 g/mol. The third-order valence-electron chi connectivity index (χ3n) is 2.92. The number of benzene rings is 1. The molecule has 0 aliphatic carbocycles. The van der Waals surface area contributed by atoms with Gasteiger partial charge in [-0.25, -0.2) is 13.1 Å². The van der Waals surface area contributed by atoms with Crippen molar-refractivity contribution < 1.29 is 8.42 Å². The topological polar surface area (TPSA) is 84.2 Å². The van der Waals surface area contributed by atoms with Gasteiger partial charge in [-0.15, -0.1) is 11.3 Å². The van der Waals surface area contributed by atoms with Crippen molar-refractivity contribution in [1.82, 2.24) is 4.72 Å². The molecular weight excluding hydrogens is 294 g/mol. The van der Waals surface area contributed by atoms with Crippen molar-refractivity contribution in [2.24, 2.45) is 0 Å². The Labute approximate surface area is 122 Å². The van der Waals surface area contributed by atoms with Crippen LogP contribution in [0, 0.1) is 0 Å². The van der Waals surface area contributed by atoms with E-state index in [1.807, 2.05) is 24.4 Å². The fraction of sp³-hybridized carbons (Fsp3) is 0.231. The van der Waals surface area contributed by atoms with E-state index in [4.69, 9.17) is 5.73 Å². The lowest BCUT2D eigenvalue weighted by atomic mass is 10.2. The van der Waals surface area contributed by atoms with Gasteiger partial charge in [0.05, 0.1) is 11.7 Å². The van der Waals surface area contributed by atoms with E-state index in [0.29, 0.717) is 0 Å². The van der Waals surface area contributed by atoms with Crippen molar-refractivity contribution in [3.05, 3.63) is 40.6 Å². The maximum absolute atomic E-state index is 11.7. The summed E-state index contributed by atoms with van der Waals surface area (Å²) in [5.74, 6) is 0. The molecule has 108 valence electrons. The molecule has 2 aromatic rings. The van der Waals surface area contributed by atoms with Gasteiger partial charge in [0, 0.05) is 10.6 Å². The minimum absolute atomic E-state index is 0.0920. The number of hydrogen-bond acceptors (Lipinski definition) is 5. The fourth-order valence-electron chi connectivity index (χ4n) is 1.85. The van der Waals surface area contributed by atoms with Gasteiger partial charge in [0.1, 0.15) is 4.90 Å². The number of nitrogen functional groups attached to an aromatic ring is 1. The van der Waals surface area contributed by atoms with Gasteiger partial charge in [0.25, 0.3) is 0 Å². The highest BCUT2D eigenvalue weighted by molar-refractivity contribution is 7.89. The normalized spacial score (nSPS) is 13.1. The summed E-state index contributed by atoms with van der Waals surface area (Å²) < 4.78 is 25.7. The first-order valence-electron chi connectivity index (χ1n) is 6.07. The highest BCUT2D eigenvalue weighted by atomic mass is 32.2. The van der Waals surface area contributed by atoms with Crippen molar-refractivity contribution in [3.8, 4) is 0 Å². The lowest BCUT2D eigenvalue weighted by molar-refractivity contribution is 0.588. The molecule has 2 rings (SSSR count). The molecule has 0 saturated carbocycles. The van der Waals surface area contributed by atoms with Gasteiger partial charge in [-0.3, -0.25) is 0 Å². The summed E-state index contributed by atoms with van der Waals surface area (Å²) in [5, 5.41) is 5.32. The second-order valence-corrected chi connectivity index (χ2v) is 7.18. The number of rotatable bonds is 5. The third kappa shape index (κ3) is 3.12. The molecule has 1 heterocycles. The highest BCUT2D eigenvalue weighted by Gasteiger charge is 2.16. The molecule has 0 bridgehead atoms. The van der Waals surface area contributed by atoms with Crippen LogP contribution in [-0.4, -0.2) is 15.5 Å². The lowest BCUT2D eigenvalue weighted by Crippen LogP contribution is -2.20. The van der Waals surface area contributed by atoms with Crippen LogP contribution in [-0.2, 0) is 10.0 Å². The summed E-state index contributed by atoms with van der Waals surface area (Å²) >= 11 is 1.67. The zero-order chi connectivity index (χ0) is 14.8. The largest absolute Gasteiger partial charge is 0.398 e. The maximum atomic E-state index is 11.7. The molecule has 0 amide bonds. The minimum atomic E-state index is -3.52. The smallest absolute Gasteiger partial charge is 0.242 e. The number of anilines is 2. The van der Waals surface area contributed by atoms with Crippen LogP contribution in [0.4, 0.5) is 11.4 Å². The van der Waals surface area contributed by atoms with Crippen LogP contribution < -0.4 is 15.8 Å². The van der Waals surface area contributed by atoms with Crippen LogP contribution in [0.15, 0.2) is 40.6 Å². The Hall–Kier alpha value is -1.57. The van der Waals surface area contributed by atoms with Crippen molar-refractivity contribution in [1.29, 1.82) is 0 Å². The number of hydrogen-bond donors (Lipinski definition) is 3. The van der Waals surface area contributed by atoms with Crippen molar-refractivity contribution in [2.75, 3.05) is 18.1 Å². The molecule has 0 radical (unpaired) electrons. The Morgan fingerprint density at radius 3 is 2.60 bits per heavy atom. The summed E-state index contributed by atoms with van der Waals surface area (Å²) in [6.07, 6.45) is 0. The molecule has 1 atom stereocenters. The van der Waals surface area contributed by atoms with Crippen LogP contribution in [0.2, 0.25) is 0 Å². The van der Waals surface area contributed by atoms with E-state index in [1.165, 1.54) is 18.0 Å². The van der Waals surface area contributed by atoms with E-state index >= 15 is 0 Å². The molecule has 0 aliphatic heterocycles. The molecule has 1 aromatic carbocycles. The Kier molecular flexibility index (Phi) is 4.32. The average Bonchev–Trinajstić information content (AvgIpc) is 2.92. The predicted molar refractivity (Wildman–Crippen MR) is 83.5 cm³/mol. The molecule has 4 N–H and O–H groups in total. The quantitative estimate of drug-likeness (QED) is 0.740. The molecule has 1 unspecified atom stereocenters. The van der Waals surface area contributed by atoms with Crippen LogP contribution in [0.3, 0.4) is 0 Å². The number of nitrogens with one attached hydrogen (secondary N) is 2. The van der Waals surface area contributed by atoms with Crippen LogP contribution in [0.1, 0.15) is 17.8 Å². The molecule has 0 fully saturated rings.